The van der Waals surface area contributed by atoms with E-state index in [1.165, 1.54) is 0 Å². The summed E-state index contributed by atoms with van der Waals surface area (Å²) in [6, 6.07) is 10.0. The number of para-hydroxylation sites is 1. The number of H-pyrrole nitrogens is 1. The van der Waals surface area contributed by atoms with E-state index in [2.05, 4.69) is 35.8 Å². The Hall–Kier alpha value is -3.69. The Morgan fingerprint density at radius 1 is 1.15 bits per heavy atom. The van der Waals surface area contributed by atoms with Gasteiger partial charge in [0, 0.05) is 50.2 Å². The first-order chi connectivity index (χ1) is 16.7. The van der Waals surface area contributed by atoms with Gasteiger partial charge in [-0.25, -0.2) is 9.97 Å². The number of pyridine rings is 1. The van der Waals surface area contributed by atoms with Crippen LogP contribution < -0.4 is 4.74 Å². The van der Waals surface area contributed by atoms with Gasteiger partial charge < -0.3 is 14.5 Å². The van der Waals surface area contributed by atoms with E-state index in [1.54, 1.807) is 25.7 Å². The summed E-state index contributed by atoms with van der Waals surface area (Å²) < 4.78 is 5.58. The van der Waals surface area contributed by atoms with Crippen molar-refractivity contribution in [3.05, 3.63) is 66.6 Å². The molecular formula is C25H27N7O2. The molecule has 0 radical (unpaired) electrons. The first-order valence-corrected chi connectivity index (χ1v) is 11.4. The molecule has 3 aromatic heterocycles. The zero-order valence-corrected chi connectivity index (χ0v) is 19.1. The number of imidazole rings is 1. The smallest absolute Gasteiger partial charge is 0.223 e. The number of carbonyl (C=O) groups is 1. The van der Waals surface area contributed by atoms with Crippen LogP contribution in [0.1, 0.15) is 24.0 Å². The fourth-order valence-corrected chi connectivity index (χ4v) is 4.54. The second-order valence-corrected chi connectivity index (χ2v) is 8.36. The molecule has 0 bridgehead atoms. The molecule has 0 aliphatic carbocycles. The lowest BCUT2D eigenvalue weighted by molar-refractivity contribution is -0.109. The molecule has 9 heteroatoms. The third kappa shape index (κ3) is 4.66. The zero-order valence-electron chi connectivity index (χ0n) is 19.1. The summed E-state index contributed by atoms with van der Waals surface area (Å²) in [6.45, 7) is 3.57. The van der Waals surface area contributed by atoms with Gasteiger partial charge in [-0.2, -0.15) is 0 Å². The lowest BCUT2D eigenvalue weighted by Crippen LogP contribution is -2.33. The minimum Gasteiger partial charge on any atom is -0.480 e. The summed E-state index contributed by atoms with van der Waals surface area (Å²) >= 11 is 0. The Morgan fingerprint density at radius 2 is 2.06 bits per heavy atom. The van der Waals surface area contributed by atoms with Crippen molar-refractivity contribution in [3.8, 4) is 17.1 Å². The number of nitrogens with one attached hydrogen (secondary N) is 1. The van der Waals surface area contributed by atoms with Crippen LogP contribution >= 0.6 is 0 Å². The Labute approximate surface area is 197 Å². The number of carbonyl (C=O) groups excluding carboxylic acids is 1. The van der Waals surface area contributed by atoms with Crippen molar-refractivity contribution in [2.45, 2.75) is 19.0 Å². The third-order valence-corrected chi connectivity index (χ3v) is 6.26. The van der Waals surface area contributed by atoms with Gasteiger partial charge in [-0.05, 0) is 18.6 Å². The van der Waals surface area contributed by atoms with E-state index in [4.69, 9.17) is 9.72 Å². The monoisotopic (exact) mass is 457 g/mol. The van der Waals surface area contributed by atoms with Gasteiger partial charge in [0.15, 0.2) is 0 Å². The van der Waals surface area contributed by atoms with Crippen molar-refractivity contribution >= 4 is 17.2 Å². The van der Waals surface area contributed by atoms with E-state index in [9.17, 15) is 4.79 Å². The maximum absolute atomic E-state index is 11.4. The number of hydrogen-bond acceptors (Lipinski definition) is 8. The van der Waals surface area contributed by atoms with E-state index in [0.29, 0.717) is 12.4 Å². The summed E-state index contributed by atoms with van der Waals surface area (Å²) in [6.07, 6.45) is 8.83. The number of methoxy groups -OCH3 is 1. The minimum absolute atomic E-state index is 0.00483. The van der Waals surface area contributed by atoms with Crippen LogP contribution in [-0.2, 0) is 11.3 Å². The lowest BCUT2D eigenvalue weighted by Gasteiger charge is -2.25. The summed E-state index contributed by atoms with van der Waals surface area (Å²) in [5, 5.41) is 1.03. The van der Waals surface area contributed by atoms with Crippen molar-refractivity contribution in [3.63, 3.8) is 0 Å². The second kappa shape index (κ2) is 10.1. The molecule has 1 aliphatic heterocycles. The van der Waals surface area contributed by atoms with Gasteiger partial charge in [0.1, 0.15) is 12.1 Å². The molecule has 1 aliphatic rings. The molecule has 4 aromatic rings. The Kier molecular flexibility index (Phi) is 6.55. The number of hydrogen-bond donors (Lipinski definition) is 1. The number of aromatic nitrogens is 5. The quantitative estimate of drug-likeness (QED) is 0.423. The van der Waals surface area contributed by atoms with Crippen LogP contribution in [-0.4, -0.2) is 74.3 Å². The molecule has 34 heavy (non-hydrogen) atoms. The van der Waals surface area contributed by atoms with Crippen LogP contribution in [0.2, 0.25) is 0 Å². The first kappa shape index (κ1) is 22.1. The molecule has 0 saturated carbocycles. The largest absolute Gasteiger partial charge is 0.480 e. The topological polar surface area (TPSA) is 100 Å². The lowest BCUT2D eigenvalue weighted by atomic mass is 10.1. The summed E-state index contributed by atoms with van der Waals surface area (Å²) in [5.41, 5.74) is 3.53. The summed E-state index contributed by atoms with van der Waals surface area (Å²) in [5.74, 6) is 1.39. The molecule has 1 aromatic carbocycles. The zero-order chi connectivity index (χ0) is 23.3. The highest BCUT2D eigenvalue weighted by atomic mass is 16.5. The molecule has 5 rings (SSSR count). The molecule has 0 amide bonds. The standard InChI is InChI=1S/C25H27N7O2/c1-34-25-20(14-18-4-2-3-5-21(18)30-25)22-16-28-24(29-22)23-6-9-31(10-11-32(23)12-13-33)17-19-15-26-7-8-27-19/h2-5,7-8,13-16,23H,6,9-12,17H2,1H3,(H,28,29). The normalized spacial score (nSPS) is 17.5. The molecule has 1 N–H and O–H groups in total. The second-order valence-electron chi connectivity index (χ2n) is 8.36. The van der Waals surface area contributed by atoms with Gasteiger partial charge >= 0.3 is 0 Å². The number of nitrogens with zero attached hydrogens (tertiary/aromatic N) is 6. The number of rotatable bonds is 7. The predicted molar refractivity (Wildman–Crippen MR) is 128 cm³/mol. The van der Waals surface area contributed by atoms with Crippen molar-refractivity contribution in [2.75, 3.05) is 33.3 Å². The predicted octanol–water partition coefficient (Wildman–Crippen LogP) is 2.87. The van der Waals surface area contributed by atoms with Crippen LogP contribution in [0.3, 0.4) is 0 Å². The third-order valence-electron chi connectivity index (χ3n) is 6.26. The van der Waals surface area contributed by atoms with Gasteiger partial charge in [-0.1, -0.05) is 18.2 Å². The van der Waals surface area contributed by atoms with Crippen molar-refractivity contribution in [1.29, 1.82) is 0 Å². The Bertz CT molecular complexity index is 1260. The van der Waals surface area contributed by atoms with Gasteiger partial charge in [0.2, 0.25) is 5.88 Å². The number of ether oxygens (including phenoxy) is 1. The molecule has 4 heterocycles. The average Bonchev–Trinajstić information content (AvgIpc) is 3.28. The summed E-state index contributed by atoms with van der Waals surface area (Å²) in [7, 11) is 1.63. The van der Waals surface area contributed by atoms with Crippen LogP contribution in [0.15, 0.2) is 55.1 Å². The van der Waals surface area contributed by atoms with Gasteiger partial charge in [0.05, 0.1) is 48.4 Å². The fraction of sp³-hybridized carbons (Fsp3) is 0.320. The first-order valence-electron chi connectivity index (χ1n) is 11.4. The average molecular weight is 458 g/mol. The Morgan fingerprint density at radius 3 is 2.88 bits per heavy atom. The van der Waals surface area contributed by atoms with Crippen LogP contribution in [0.4, 0.5) is 0 Å². The molecule has 0 spiro atoms. The molecule has 1 unspecified atom stereocenters. The van der Waals surface area contributed by atoms with E-state index in [-0.39, 0.29) is 6.04 Å². The highest BCUT2D eigenvalue weighted by molar-refractivity contribution is 5.85. The van der Waals surface area contributed by atoms with Crippen LogP contribution in [0.25, 0.3) is 22.2 Å². The summed E-state index contributed by atoms with van der Waals surface area (Å²) in [4.78, 5) is 37.4. The number of aldehydes is 1. The fourth-order valence-electron chi connectivity index (χ4n) is 4.54. The molecular weight excluding hydrogens is 430 g/mol. The van der Waals surface area contributed by atoms with E-state index in [0.717, 1.165) is 72.6 Å². The van der Waals surface area contributed by atoms with Crippen molar-refractivity contribution < 1.29 is 9.53 Å². The van der Waals surface area contributed by atoms with E-state index >= 15 is 0 Å². The molecule has 9 nitrogen and oxygen atoms in total. The SMILES string of the molecule is COc1nc2ccccc2cc1-c1cnc(C2CCN(Cc3cnccn3)CCN2CC=O)[nH]1. The van der Waals surface area contributed by atoms with E-state index in [1.807, 2.05) is 30.5 Å². The molecule has 1 saturated heterocycles. The molecule has 1 fully saturated rings. The van der Waals surface area contributed by atoms with E-state index < -0.39 is 0 Å². The Balaban J connectivity index is 1.40. The van der Waals surface area contributed by atoms with Crippen LogP contribution in [0.5, 0.6) is 5.88 Å². The van der Waals surface area contributed by atoms with Gasteiger partial charge in [-0.15, -0.1) is 0 Å². The molecule has 1 atom stereocenters. The van der Waals surface area contributed by atoms with Crippen molar-refractivity contribution in [2.24, 2.45) is 0 Å². The van der Waals surface area contributed by atoms with Crippen molar-refractivity contribution in [1.82, 2.24) is 34.7 Å². The number of benzene rings is 1. The highest BCUT2D eigenvalue weighted by Gasteiger charge is 2.28. The minimum atomic E-state index is 0.00483. The van der Waals surface area contributed by atoms with Crippen LogP contribution in [0, 0.1) is 0 Å². The maximum Gasteiger partial charge on any atom is 0.223 e. The highest BCUT2D eigenvalue weighted by Crippen LogP contribution is 2.32. The number of aromatic amines is 1. The van der Waals surface area contributed by atoms with Gasteiger partial charge in [-0.3, -0.25) is 19.8 Å². The maximum atomic E-state index is 11.4. The molecule has 174 valence electrons. The van der Waals surface area contributed by atoms with Gasteiger partial charge in [0.25, 0.3) is 0 Å². The number of fused-ring (bicyclic) bond motifs is 1.